The van der Waals surface area contributed by atoms with Crippen LogP contribution in [-0.2, 0) is 0 Å². The van der Waals surface area contributed by atoms with Gasteiger partial charge in [-0.2, -0.15) is 0 Å². The van der Waals surface area contributed by atoms with Gasteiger partial charge in [0.15, 0.2) is 17.5 Å². The standard InChI is InChI=1S/C51H33N3/c1-2-10-34(11-3-1)37-18-22-38(23-19-37)47-16-8-9-17-48(47)43-26-24-42-33-46(29-25-41(42)30-43)51-53-49(44-27-20-35-12-4-6-14-39(35)31-44)52-50(54-51)45-28-21-36-13-5-7-15-40(36)32-45/h1-33H. The lowest BCUT2D eigenvalue weighted by Crippen LogP contribution is -2.00. The van der Waals surface area contributed by atoms with Crippen molar-refractivity contribution >= 4 is 32.3 Å². The van der Waals surface area contributed by atoms with Crippen molar-refractivity contribution in [1.82, 2.24) is 15.0 Å². The van der Waals surface area contributed by atoms with Crippen LogP contribution in [0.4, 0.5) is 0 Å². The van der Waals surface area contributed by atoms with E-state index in [1.165, 1.54) is 44.2 Å². The molecule has 0 fully saturated rings. The molecule has 0 spiro atoms. The largest absolute Gasteiger partial charge is 0.208 e. The monoisotopic (exact) mass is 687 g/mol. The highest BCUT2D eigenvalue weighted by Gasteiger charge is 2.15. The smallest absolute Gasteiger partial charge is 0.164 e. The average molecular weight is 688 g/mol. The second kappa shape index (κ2) is 13.4. The lowest BCUT2D eigenvalue weighted by atomic mass is 9.92. The Morgan fingerprint density at radius 3 is 1.04 bits per heavy atom. The molecule has 0 radical (unpaired) electrons. The van der Waals surface area contributed by atoms with Crippen molar-refractivity contribution in [3.05, 3.63) is 200 Å². The molecule has 0 aliphatic rings. The van der Waals surface area contributed by atoms with Gasteiger partial charge in [-0.1, -0.05) is 176 Å². The van der Waals surface area contributed by atoms with Gasteiger partial charge in [0.25, 0.3) is 0 Å². The van der Waals surface area contributed by atoms with Gasteiger partial charge in [-0.3, -0.25) is 0 Å². The first-order valence-corrected chi connectivity index (χ1v) is 18.3. The van der Waals surface area contributed by atoms with Crippen LogP contribution in [0.5, 0.6) is 0 Å². The van der Waals surface area contributed by atoms with Crippen LogP contribution < -0.4 is 0 Å². The van der Waals surface area contributed by atoms with E-state index in [2.05, 4.69) is 200 Å². The molecule has 0 unspecified atom stereocenters. The Balaban J connectivity index is 1.04. The molecule has 0 saturated carbocycles. The summed E-state index contributed by atoms with van der Waals surface area (Å²) in [7, 11) is 0. The minimum Gasteiger partial charge on any atom is -0.208 e. The van der Waals surface area contributed by atoms with Gasteiger partial charge in [0.2, 0.25) is 0 Å². The number of nitrogens with zero attached hydrogens (tertiary/aromatic N) is 3. The fourth-order valence-electron chi connectivity index (χ4n) is 7.43. The van der Waals surface area contributed by atoms with Crippen molar-refractivity contribution in [2.75, 3.05) is 0 Å². The Bertz CT molecular complexity index is 2890. The highest BCUT2D eigenvalue weighted by atomic mass is 15.0. The zero-order valence-electron chi connectivity index (χ0n) is 29.4. The summed E-state index contributed by atoms with van der Waals surface area (Å²) < 4.78 is 0. The zero-order chi connectivity index (χ0) is 35.8. The summed E-state index contributed by atoms with van der Waals surface area (Å²) in [5, 5.41) is 6.95. The maximum absolute atomic E-state index is 5.09. The molecule has 3 nitrogen and oxygen atoms in total. The average Bonchev–Trinajstić information content (AvgIpc) is 3.26. The first-order chi connectivity index (χ1) is 26.7. The number of benzene rings is 9. The van der Waals surface area contributed by atoms with Crippen molar-refractivity contribution in [3.8, 4) is 67.5 Å². The van der Waals surface area contributed by atoms with E-state index in [-0.39, 0.29) is 0 Å². The van der Waals surface area contributed by atoms with Gasteiger partial charge in [-0.05, 0) is 90.0 Å². The molecule has 0 N–H and O–H groups in total. The molecule has 10 rings (SSSR count). The van der Waals surface area contributed by atoms with E-state index in [0.717, 1.165) is 38.2 Å². The van der Waals surface area contributed by atoms with Crippen LogP contribution in [0.25, 0.3) is 99.9 Å². The van der Waals surface area contributed by atoms with E-state index in [1.807, 2.05) is 0 Å². The number of fused-ring (bicyclic) bond motifs is 3. The molecule has 0 aliphatic heterocycles. The zero-order valence-corrected chi connectivity index (χ0v) is 29.4. The predicted octanol–water partition coefficient (Wildman–Crippen LogP) is 13.3. The fourth-order valence-corrected chi connectivity index (χ4v) is 7.43. The minimum atomic E-state index is 0.645. The van der Waals surface area contributed by atoms with E-state index in [0.29, 0.717) is 17.5 Å². The third-order valence-electron chi connectivity index (χ3n) is 10.3. The molecule has 0 atom stereocenters. The molecule has 0 bridgehead atoms. The fraction of sp³-hybridized carbons (Fsp3) is 0. The summed E-state index contributed by atoms with van der Waals surface area (Å²) in [6.45, 7) is 0. The topological polar surface area (TPSA) is 38.7 Å². The summed E-state index contributed by atoms with van der Waals surface area (Å²) in [5.41, 5.74) is 10.1. The van der Waals surface area contributed by atoms with E-state index in [4.69, 9.17) is 15.0 Å². The first kappa shape index (κ1) is 31.5. The molecule has 1 aromatic heterocycles. The van der Waals surface area contributed by atoms with Crippen molar-refractivity contribution in [3.63, 3.8) is 0 Å². The van der Waals surface area contributed by atoms with Gasteiger partial charge in [-0.15, -0.1) is 0 Å². The highest BCUT2D eigenvalue weighted by molar-refractivity contribution is 5.94. The van der Waals surface area contributed by atoms with E-state index in [1.54, 1.807) is 0 Å². The molecular weight excluding hydrogens is 655 g/mol. The van der Waals surface area contributed by atoms with Gasteiger partial charge in [0.05, 0.1) is 0 Å². The maximum Gasteiger partial charge on any atom is 0.164 e. The Hall–Kier alpha value is -7.23. The number of aromatic nitrogens is 3. The number of hydrogen-bond donors (Lipinski definition) is 0. The molecule has 0 saturated heterocycles. The maximum atomic E-state index is 5.09. The van der Waals surface area contributed by atoms with Crippen LogP contribution in [-0.4, -0.2) is 15.0 Å². The molecule has 252 valence electrons. The van der Waals surface area contributed by atoms with Crippen LogP contribution in [0, 0.1) is 0 Å². The summed E-state index contributed by atoms with van der Waals surface area (Å²) in [6, 6.07) is 70.8. The summed E-state index contributed by atoms with van der Waals surface area (Å²) in [5.74, 6) is 1.95. The molecule has 0 amide bonds. The van der Waals surface area contributed by atoms with E-state index in [9.17, 15) is 0 Å². The second-order valence-corrected chi connectivity index (χ2v) is 13.7. The van der Waals surface area contributed by atoms with E-state index >= 15 is 0 Å². The third kappa shape index (κ3) is 5.98. The molecular formula is C51H33N3. The summed E-state index contributed by atoms with van der Waals surface area (Å²) in [4.78, 5) is 15.2. The normalized spacial score (nSPS) is 11.3. The van der Waals surface area contributed by atoms with Crippen molar-refractivity contribution in [2.45, 2.75) is 0 Å². The van der Waals surface area contributed by atoms with Gasteiger partial charge < -0.3 is 0 Å². The molecule has 54 heavy (non-hydrogen) atoms. The number of rotatable bonds is 6. The van der Waals surface area contributed by atoms with Crippen LogP contribution in [0.2, 0.25) is 0 Å². The van der Waals surface area contributed by atoms with Crippen molar-refractivity contribution in [2.24, 2.45) is 0 Å². The molecule has 10 aromatic rings. The lowest BCUT2D eigenvalue weighted by Gasteiger charge is -2.13. The first-order valence-electron chi connectivity index (χ1n) is 18.3. The van der Waals surface area contributed by atoms with Gasteiger partial charge >= 0.3 is 0 Å². The summed E-state index contributed by atoms with van der Waals surface area (Å²) >= 11 is 0. The SMILES string of the molecule is c1ccc(-c2ccc(-c3ccccc3-c3ccc4cc(-c5nc(-c6ccc7ccccc7c6)nc(-c6ccc7ccccc7c6)n5)ccc4c3)cc2)cc1. The van der Waals surface area contributed by atoms with E-state index < -0.39 is 0 Å². The Labute approximate surface area is 313 Å². The second-order valence-electron chi connectivity index (χ2n) is 13.7. The molecule has 9 aromatic carbocycles. The van der Waals surface area contributed by atoms with Crippen LogP contribution in [0.1, 0.15) is 0 Å². The van der Waals surface area contributed by atoms with Crippen molar-refractivity contribution < 1.29 is 0 Å². The van der Waals surface area contributed by atoms with Gasteiger partial charge in [-0.25, -0.2) is 15.0 Å². The third-order valence-corrected chi connectivity index (χ3v) is 10.3. The minimum absolute atomic E-state index is 0.645. The predicted molar refractivity (Wildman–Crippen MR) is 225 cm³/mol. The van der Waals surface area contributed by atoms with Gasteiger partial charge in [0.1, 0.15) is 0 Å². The van der Waals surface area contributed by atoms with Crippen LogP contribution >= 0.6 is 0 Å². The highest BCUT2D eigenvalue weighted by Crippen LogP contribution is 2.36. The Morgan fingerprint density at radius 2 is 0.519 bits per heavy atom. The number of hydrogen-bond acceptors (Lipinski definition) is 3. The quantitative estimate of drug-likeness (QED) is 0.175. The Morgan fingerprint density at radius 1 is 0.204 bits per heavy atom. The summed E-state index contributed by atoms with van der Waals surface area (Å²) in [6.07, 6.45) is 0. The van der Waals surface area contributed by atoms with Gasteiger partial charge in [0, 0.05) is 16.7 Å². The van der Waals surface area contributed by atoms with Crippen molar-refractivity contribution in [1.29, 1.82) is 0 Å². The molecule has 0 aliphatic carbocycles. The van der Waals surface area contributed by atoms with Crippen LogP contribution in [0.15, 0.2) is 200 Å². The van der Waals surface area contributed by atoms with Crippen LogP contribution in [0.3, 0.4) is 0 Å². The molecule has 3 heteroatoms. The Kier molecular flexibility index (Phi) is 7.81. The lowest BCUT2D eigenvalue weighted by molar-refractivity contribution is 1.08. The molecule has 1 heterocycles.